The maximum absolute atomic E-state index is 12.8. The average molecular weight is 174 g/mol. The lowest BCUT2D eigenvalue weighted by Gasteiger charge is -2.17. The summed E-state index contributed by atoms with van der Waals surface area (Å²) in [7, 11) is 1.58. The molecular formula is C9H19FN2. The molecule has 0 rings (SSSR count). The highest BCUT2D eigenvalue weighted by molar-refractivity contribution is 5.62. The number of rotatable bonds is 5. The first-order chi connectivity index (χ1) is 5.45. The molecule has 0 fully saturated rings. The van der Waals surface area contributed by atoms with Gasteiger partial charge in [0.15, 0.2) is 0 Å². The van der Waals surface area contributed by atoms with Crippen LogP contribution in [-0.4, -0.2) is 25.0 Å². The topological polar surface area (TPSA) is 38.4 Å². The maximum Gasteiger partial charge on any atom is 0.135 e. The van der Waals surface area contributed by atoms with Gasteiger partial charge in [-0.3, -0.25) is 4.99 Å². The molecule has 0 aromatic heterocycles. The lowest BCUT2D eigenvalue weighted by molar-refractivity contribution is 0.368. The molecule has 0 saturated heterocycles. The molecule has 1 atom stereocenters. The van der Waals surface area contributed by atoms with Gasteiger partial charge in [-0.1, -0.05) is 0 Å². The van der Waals surface area contributed by atoms with Crippen LogP contribution in [0.5, 0.6) is 0 Å². The Morgan fingerprint density at radius 1 is 1.58 bits per heavy atom. The summed E-state index contributed by atoms with van der Waals surface area (Å²) in [6.07, 6.45) is 2.63. The van der Waals surface area contributed by atoms with Crippen LogP contribution < -0.4 is 5.73 Å². The molecular weight excluding hydrogens is 155 g/mol. The molecule has 0 aliphatic rings. The van der Waals surface area contributed by atoms with Crippen molar-refractivity contribution in [2.75, 3.05) is 7.05 Å². The van der Waals surface area contributed by atoms with E-state index in [1.165, 1.54) is 6.21 Å². The third-order valence-electron chi connectivity index (χ3n) is 1.61. The van der Waals surface area contributed by atoms with Crippen LogP contribution >= 0.6 is 0 Å². The Balaban J connectivity index is 3.43. The van der Waals surface area contributed by atoms with Gasteiger partial charge in [0.25, 0.3) is 0 Å². The summed E-state index contributed by atoms with van der Waals surface area (Å²) in [6, 6.07) is 0. The molecule has 2 N–H and O–H groups in total. The fourth-order valence-electron chi connectivity index (χ4n) is 0.989. The first-order valence-electron chi connectivity index (χ1n) is 4.31. The predicted molar refractivity (Wildman–Crippen MR) is 51.4 cm³/mol. The first-order valence-corrected chi connectivity index (χ1v) is 4.31. The lowest BCUT2D eigenvalue weighted by atomic mass is 9.98. The van der Waals surface area contributed by atoms with Crippen molar-refractivity contribution >= 4 is 6.21 Å². The van der Waals surface area contributed by atoms with Gasteiger partial charge in [-0.2, -0.15) is 0 Å². The van der Waals surface area contributed by atoms with E-state index in [4.69, 9.17) is 5.73 Å². The zero-order valence-corrected chi connectivity index (χ0v) is 8.18. The van der Waals surface area contributed by atoms with E-state index in [0.29, 0.717) is 6.42 Å². The van der Waals surface area contributed by atoms with Crippen molar-refractivity contribution in [1.82, 2.24) is 0 Å². The summed E-state index contributed by atoms with van der Waals surface area (Å²) >= 11 is 0. The van der Waals surface area contributed by atoms with E-state index in [2.05, 4.69) is 4.99 Å². The number of nitrogens with two attached hydrogens (primary N) is 1. The minimum atomic E-state index is -0.905. The molecule has 0 radical (unpaired) electrons. The number of hydrogen-bond acceptors (Lipinski definition) is 2. The van der Waals surface area contributed by atoms with Crippen LogP contribution in [0.25, 0.3) is 0 Å². The number of halogens is 1. The molecule has 12 heavy (non-hydrogen) atoms. The summed E-state index contributed by atoms with van der Waals surface area (Å²) in [6.45, 7) is 3.91. The van der Waals surface area contributed by atoms with Crippen molar-refractivity contribution in [3.8, 4) is 0 Å². The van der Waals surface area contributed by atoms with Gasteiger partial charge in [0, 0.05) is 18.8 Å². The van der Waals surface area contributed by atoms with Gasteiger partial charge >= 0.3 is 0 Å². The normalized spacial score (nSPS) is 15.4. The third-order valence-corrected chi connectivity index (χ3v) is 1.61. The van der Waals surface area contributed by atoms with Crippen molar-refractivity contribution < 1.29 is 4.39 Å². The van der Waals surface area contributed by atoms with Gasteiger partial charge in [0.2, 0.25) is 0 Å². The average Bonchev–Trinajstić information content (AvgIpc) is 1.84. The van der Waals surface area contributed by atoms with E-state index in [-0.39, 0.29) is 5.54 Å². The fourth-order valence-corrected chi connectivity index (χ4v) is 0.989. The fraction of sp³-hybridized carbons (Fsp3) is 0.889. The van der Waals surface area contributed by atoms with E-state index in [1.807, 2.05) is 13.8 Å². The second kappa shape index (κ2) is 5.25. The third kappa shape index (κ3) is 7.66. The Bertz CT molecular complexity index is 138. The smallest absolute Gasteiger partial charge is 0.135 e. The van der Waals surface area contributed by atoms with Gasteiger partial charge in [0.05, 0.1) is 0 Å². The molecule has 3 heteroatoms. The van der Waals surface area contributed by atoms with Gasteiger partial charge < -0.3 is 5.73 Å². The van der Waals surface area contributed by atoms with Gasteiger partial charge in [-0.15, -0.1) is 0 Å². The summed E-state index contributed by atoms with van der Waals surface area (Å²) in [5.74, 6) is 0. The zero-order chi connectivity index (χ0) is 9.61. The molecule has 0 aliphatic carbocycles. The Morgan fingerprint density at radius 3 is 2.58 bits per heavy atom. The number of nitrogens with zero attached hydrogens (tertiary/aromatic N) is 1. The molecule has 0 saturated carbocycles. The summed E-state index contributed by atoms with van der Waals surface area (Å²) in [5, 5.41) is 0. The lowest BCUT2D eigenvalue weighted by Crippen LogP contribution is -2.31. The van der Waals surface area contributed by atoms with E-state index in [9.17, 15) is 4.39 Å². The van der Waals surface area contributed by atoms with Crippen LogP contribution in [0, 0.1) is 0 Å². The van der Waals surface area contributed by atoms with Crippen LogP contribution in [0.4, 0.5) is 4.39 Å². The Hall–Kier alpha value is -0.440. The van der Waals surface area contributed by atoms with Gasteiger partial charge in [-0.25, -0.2) is 4.39 Å². The van der Waals surface area contributed by atoms with Crippen LogP contribution in [0.2, 0.25) is 0 Å². The highest BCUT2D eigenvalue weighted by Crippen LogP contribution is 2.11. The molecule has 0 aromatic rings. The second-order valence-corrected chi connectivity index (χ2v) is 3.80. The molecule has 0 aromatic carbocycles. The van der Waals surface area contributed by atoms with Crippen LogP contribution in [0.1, 0.15) is 33.1 Å². The largest absolute Gasteiger partial charge is 0.326 e. The minimum absolute atomic E-state index is 0.178. The summed E-state index contributed by atoms with van der Waals surface area (Å²) in [5.41, 5.74) is 5.56. The van der Waals surface area contributed by atoms with E-state index in [0.717, 1.165) is 12.8 Å². The number of alkyl halides is 1. The highest BCUT2D eigenvalue weighted by Gasteiger charge is 2.11. The predicted octanol–water partition coefficient (Wildman–Crippen LogP) is 1.93. The number of aliphatic imine (C=N–C) groups is 1. The molecule has 72 valence electrons. The monoisotopic (exact) mass is 174 g/mol. The summed E-state index contributed by atoms with van der Waals surface area (Å²) < 4.78 is 12.8. The Labute approximate surface area is 74.1 Å². The summed E-state index contributed by atoms with van der Waals surface area (Å²) in [4.78, 5) is 3.62. The Morgan fingerprint density at radius 2 is 2.17 bits per heavy atom. The molecule has 1 unspecified atom stereocenters. The molecule has 0 bridgehead atoms. The number of hydrogen-bond donors (Lipinski definition) is 1. The Kier molecular flexibility index (Phi) is 5.06. The molecule has 0 spiro atoms. The van der Waals surface area contributed by atoms with Crippen molar-refractivity contribution in [2.24, 2.45) is 10.7 Å². The molecule has 2 nitrogen and oxygen atoms in total. The quantitative estimate of drug-likeness (QED) is 0.635. The van der Waals surface area contributed by atoms with Crippen molar-refractivity contribution in [2.45, 2.75) is 44.8 Å². The van der Waals surface area contributed by atoms with Gasteiger partial charge in [0.1, 0.15) is 6.17 Å². The van der Waals surface area contributed by atoms with Crippen LogP contribution in [0.15, 0.2) is 4.99 Å². The van der Waals surface area contributed by atoms with E-state index < -0.39 is 6.17 Å². The zero-order valence-electron chi connectivity index (χ0n) is 8.18. The van der Waals surface area contributed by atoms with Crippen LogP contribution in [-0.2, 0) is 0 Å². The van der Waals surface area contributed by atoms with Crippen LogP contribution in [0.3, 0.4) is 0 Å². The second-order valence-electron chi connectivity index (χ2n) is 3.80. The maximum atomic E-state index is 12.8. The highest BCUT2D eigenvalue weighted by atomic mass is 19.1. The van der Waals surface area contributed by atoms with E-state index in [1.54, 1.807) is 7.05 Å². The first kappa shape index (κ1) is 11.6. The standard InChI is InChI=1S/C9H19FN2/c1-9(2,11)6-4-5-8(10)7-12-3/h7-8H,4-6,11H2,1-3H3/b12-7-. The minimum Gasteiger partial charge on any atom is -0.326 e. The molecule has 0 aliphatic heterocycles. The molecule has 0 amide bonds. The SMILES string of the molecule is C/N=C\C(F)CCCC(C)(C)N. The van der Waals surface area contributed by atoms with Crippen molar-refractivity contribution in [3.63, 3.8) is 0 Å². The van der Waals surface area contributed by atoms with E-state index >= 15 is 0 Å². The van der Waals surface area contributed by atoms with Crippen molar-refractivity contribution in [1.29, 1.82) is 0 Å². The van der Waals surface area contributed by atoms with Gasteiger partial charge in [-0.05, 0) is 33.1 Å². The molecule has 0 heterocycles. The van der Waals surface area contributed by atoms with Crippen molar-refractivity contribution in [3.05, 3.63) is 0 Å².